The summed E-state index contributed by atoms with van der Waals surface area (Å²) in [6.45, 7) is 1.36. The molecule has 1 aromatic carbocycles. The summed E-state index contributed by atoms with van der Waals surface area (Å²) in [6, 6.07) is 8.43. The number of rotatable bonds is 5. The normalized spacial score (nSPS) is 14.3. The van der Waals surface area contributed by atoms with Crippen LogP contribution in [0.4, 0.5) is 20.3 Å². The van der Waals surface area contributed by atoms with Gasteiger partial charge in [-0.25, -0.2) is 13.8 Å². The standard InChI is InChI=1S/C21H19ClF2N6O2.H2/c22-16-5-2-6-17(28-16)30-9-7-12(8-10-30)26-21(32)19-15(11-25-29-19)27-20(31)18-13(23)3-1-4-14(18)24;/h1-6,11-12H,7-10H2,(H,25,29)(H,26,32)(H,27,31);1H. The molecule has 0 bridgehead atoms. The van der Waals surface area contributed by atoms with Crippen LogP contribution in [0.5, 0.6) is 0 Å². The molecule has 0 radical (unpaired) electrons. The molecule has 168 valence electrons. The maximum Gasteiger partial charge on any atom is 0.271 e. The van der Waals surface area contributed by atoms with Crippen LogP contribution < -0.4 is 15.5 Å². The van der Waals surface area contributed by atoms with E-state index in [0.29, 0.717) is 31.1 Å². The van der Waals surface area contributed by atoms with Crippen molar-refractivity contribution in [3.8, 4) is 0 Å². The smallest absolute Gasteiger partial charge is 0.271 e. The number of aromatic amines is 1. The third-order valence-corrected chi connectivity index (χ3v) is 5.37. The highest BCUT2D eigenvalue weighted by Crippen LogP contribution is 2.21. The number of carbonyl (C=O) groups is 2. The number of nitrogens with one attached hydrogen (secondary N) is 3. The fraction of sp³-hybridized carbons (Fsp3) is 0.238. The van der Waals surface area contributed by atoms with Crippen molar-refractivity contribution in [2.75, 3.05) is 23.3 Å². The van der Waals surface area contributed by atoms with Crippen molar-refractivity contribution in [3.05, 3.63) is 70.6 Å². The first-order valence-corrected chi connectivity index (χ1v) is 10.3. The van der Waals surface area contributed by atoms with Gasteiger partial charge in [0.25, 0.3) is 11.8 Å². The Labute approximate surface area is 188 Å². The third kappa shape index (κ3) is 4.70. The van der Waals surface area contributed by atoms with Gasteiger partial charge in [0, 0.05) is 20.6 Å². The van der Waals surface area contributed by atoms with E-state index in [9.17, 15) is 18.4 Å². The Bertz CT molecular complexity index is 1130. The van der Waals surface area contributed by atoms with Gasteiger partial charge in [0.2, 0.25) is 0 Å². The minimum absolute atomic E-state index is 0. The summed E-state index contributed by atoms with van der Waals surface area (Å²) in [5.41, 5.74) is -0.716. The predicted molar refractivity (Wildman–Crippen MR) is 117 cm³/mol. The highest BCUT2D eigenvalue weighted by Gasteiger charge is 2.25. The highest BCUT2D eigenvalue weighted by molar-refractivity contribution is 6.29. The average molecular weight is 463 g/mol. The van der Waals surface area contributed by atoms with E-state index in [2.05, 4.69) is 30.7 Å². The second kappa shape index (κ2) is 9.31. The van der Waals surface area contributed by atoms with Gasteiger partial charge in [0.1, 0.15) is 33.9 Å². The van der Waals surface area contributed by atoms with Crippen molar-refractivity contribution < 1.29 is 19.8 Å². The molecule has 0 aliphatic carbocycles. The Kier molecular flexibility index (Phi) is 6.31. The number of amides is 2. The lowest BCUT2D eigenvalue weighted by molar-refractivity contribution is 0.0927. The van der Waals surface area contributed by atoms with E-state index in [0.717, 1.165) is 24.0 Å². The largest absolute Gasteiger partial charge is 0.356 e. The van der Waals surface area contributed by atoms with Crippen molar-refractivity contribution >= 4 is 34.9 Å². The van der Waals surface area contributed by atoms with Crippen molar-refractivity contribution in [1.29, 1.82) is 0 Å². The zero-order chi connectivity index (χ0) is 22.7. The molecule has 32 heavy (non-hydrogen) atoms. The van der Waals surface area contributed by atoms with Crippen LogP contribution in [-0.4, -0.2) is 46.1 Å². The molecular weight excluding hydrogens is 442 g/mol. The molecule has 3 N–H and O–H groups in total. The first-order chi connectivity index (χ1) is 15.4. The Morgan fingerprint density at radius 1 is 1.09 bits per heavy atom. The maximum absolute atomic E-state index is 13.9. The molecule has 0 atom stereocenters. The monoisotopic (exact) mass is 462 g/mol. The lowest BCUT2D eigenvalue weighted by atomic mass is 10.0. The molecule has 0 spiro atoms. The molecule has 1 aliphatic heterocycles. The fourth-order valence-electron chi connectivity index (χ4n) is 3.54. The minimum Gasteiger partial charge on any atom is -0.356 e. The summed E-state index contributed by atoms with van der Waals surface area (Å²) in [4.78, 5) is 31.4. The molecule has 4 rings (SSSR count). The maximum atomic E-state index is 13.9. The molecule has 11 heteroatoms. The van der Waals surface area contributed by atoms with E-state index in [1.54, 1.807) is 6.07 Å². The van der Waals surface area contributed by atoms with E-state index in [1.807, 2.05) is 12.1 Å². The van der Waals surface area contributed by atoms with Crippen LogP contribution >= 0.6 is 11.6 Å². The van der Waals surface area contributed by atoms with Gasteiger partial charge >= 0.3 is 0 Å². The molecule has 8 nitrogen and oxygen atoms in total. The summed E-state index contributed by atoms with van der Waals surface area (Å²) in [5.74, 6) is -2.72. The number of piperidine rings is 1. The van der Waals surface area contributed by atoms with Crippen LogP contribution in [0.25, 0.3) is 0 Å². The second-order valence-corrected chi connectivity index (χ2v) is 7.65. The SMILES string of the molecule is O=C(NC1CCN(c2cccc(Cl)n2)CC1)c1[nH]ncc1NC(=O)c1c(F)cccc1F.[HH]. The zero-order valence-corrected chi connectivity index (χ0v) is 17.5. The number of aromatic nitrogens is 3. The third-order valence-electron chi connectivity index (χ3n) is 5.16. The van der Waals surface area contributed by atoms with Gasteiger partial charge in [0.05, 0.1) is 11.9 Å². The fourth-order valence-corrected chi connectivity index (χ4v) is 3.70. The Hall–Kier alpha value is -3.53. The number of halogens is 3. The van der Waals surface area contributed by atoms with Gasteiger partial charge in [-0.15, -0.1) is 0 Å². The van der Waals surface area contributed by atoms with Crippen LogP contribution in [0, 0.1) is 11.6 Å². The van der Waals surface area contributed by atoms with Crippen LogP contribution in [0.15, 0.2) is 42.6 Å². The molecular formula is C21H21ClF2N6O2. The topological polar surface area (TPSA) is 103 Å². The van der Waals surface area contributed by atoms with Crippen molar-refractivity contribution in [2.45, 2.75) is 18.9 Å². The van der Waals surface area contributed by atoms with Gasteiger partial charge in [-0.3, -0.25) is 14.7 Å². The summed E-state index contributed by atoms with van der Waals surface area (Å²) in [6.07, 6.45) is 2.56. The van der Waals surface area contributed by atoms with Gasteiger partial charge < -0.3 is 15.5 Å². The van der Waals surface area contributed by atoms with Gasteiger partial charge in [-0.2, -0.15) is 5.10 Å². The van der Waals surface area contributed by atoms with E-state index in [4.69, 9.17) is 11.6 Å². The summed E-state index contributed by atoms with van der Waals surface area (Å²) in [5, 5.41) is 11.9. The molecule has 2 aromatic heterocycles. The number of nitrogens with zero attached hydrogens (tertiary/aromatic N) is 3. The number of hydrogen-bond donors (Lipinski definition) is 3. The van der Waals surface area contributed by atoms with Gasteiger partial charge in [-0.05, 0) is 37.1 Å². The number of benzene rings is 1. The number of anilines is 2. The lowest BCUT2D eigenvalue weighted by Crippen LogP contribution is -2.45. The first-order valence-electron chi connectivity index (χ1n) is 9.89. The zero-order valence-electron chi connectivity index (χ0n) is 16.7. The van der Waals surface area contributed by atoms with E-state index in [1.165, 1.54) is 6.20 Å². The number of carbonyl (C=O) groups excluding carboxylic acids is 2. The van der Waals surface area contributed by atoms with Gasteiger partial charge in [-0.1, -0.05) is 23.7 Å². The van der Waals surface area contributed by atoms with Crippen LogP contribution in [-0.2, 0) is 0 Å². The van der Waals surface area contributed by atoms with Crippen molar-refractivity contribution in [2.24, 2.45) is 0 Å². The molecule has 0 unspecified atom stereocenters. The summed E-state index contributed by atoms with van der Waals surface area (Å²) >= 11 is 5.95. The average Bonchev–Trinajstić information content (AvgIpc) is 3.22. The molecule has 3 heterocycles. The first kappa shape index (κ1) is 21.7. The molecule has 1 aliphatic rings. The predicted octanol–water partition coefficient (Wildman–Crippen LogP) is 3.63. The number of H-pyrrole nitrogens is 1. The second-order valence-electron chi connectivity index (χ2n) is 7.26. The van der Waals surface area contributed by atoms with Crippen LogP contribution in [0.1, 0.15) is 35.1 Å². The number of pyridine rings is 1. The lowest BCUT2D eigenvalue weighted by Gasteiger charge is -2.33. The molecule has 1 saturated heterocycles. The van der Waals surface area contributed by atoms with Crippen LogP contribution in [0.2, 0.25) is 5.15 Å². The minimum atomic E-state index is -1.02. The molecule has 2 amide bonds. The Morgan fingerprint density at radius 2 is 1.78 bits per heavy atom. The van der Waals surface area contributed by atoms with E-state index >= 15 is 0 Å². The van der Waals surface area contributed by atoms with Crippen molar-refractivity contribution in [3.63, 3.8) is 0 Å². The Balaban J connectivity index is 0.00000306. The van der Waals surface area contributed by atoms with Crippen molar-refractivity contribution in [1.82, 2.24) is 20.5 Å². The molecule has 3 aromatic rings. The highest BCUT2D eigenvalue weighted by atomic mass is 35.5. The van der Waals surface area contributed by atoms with Gasteiger partial charge in [0.15, 0.2) is 0 Å². The summed E-state index contributed by atoms with van der Waals surface area (Å²) < 4.78 is 27.7. The molecule has 0 saturated carbocycles. The van der Waals surface area contributed by atoms with Crippen LogP contribution in [0.3, 0.4) is 0 Å². The number of hydrogen-bond acceptors (Lipinski definition) is 5. The quantitative estimate of drug-likeness (QED) is 0.502. The molecule has 1 fully saturated rings. The van der Waals surface area contributed by atoms with E-state index in [-0.39, 0.29) is 18.8 Å². The van der Waals surface area contributed by atoms with E-state index < -0.39 is 29.0 Å². The summed E-state index contributed by atoms with van der Waals surface area (Å²) in [7, 11) is 0. The Morgan fingerprint density at radius 3 is 2.47 bits per heavy atom.